The predicted octanol–water partition coefficient (Wildman–Crippen LogP) is 4.08. The first-order valence-corrected chi connectivity index (χ1v) is 13.3. The van der Waals surface area contributed by atoms with Gasteiger partial charge in [0.15, 0.2) is 0 Å². The zero-order valence-corrected chi connectivity index (χ0v) is 22.8. The second kappa shape index (κ2) is 8.75. The first-order chi connectivity index (χ1) is 18.6. The van der Waals surface area contributed by atoms with Crippen LogP contribution in [0, 0.1) is 37.0 Å². The van der Waals surface area contributed by atoms with Crippen LogP contribution in [0.1, 0.15) is 43.0 Å². The Labute approximate surface area is 227 Å². The second-order valence-corrected chi connectivity index (χ2v) is 11.3. The number of benzene rings is 2. The van der Waals surface area contributed by atoms with Crippen LogP contribution in [0.5, 0.6) is 5.88 Å². The average molecular weight is 526 g/mol. The van der Waals surface area contributed by atoms with Crippen molar-refractivity contribution in [3.05, 3.63) is 53.2 Å². The fraction of sp³-hybridized carbons (Fsp3) is 0.433. The van der Waals surface area contributed by atoms with E-state index in [0.717, 1.165) is 16.6 Å². The van der Waals surface area contributed by atoms with Crippen molar-refractivity contribution in [2.24, 2.45) is 11.8 Å². The van der Waals surface area contributed by atoms with Crippen LogP contribution in [0.2, 0.25) is 0 Å². The van der Waals surface area contributed by atoms with Crippen LogP contribution in [-0.4, -0.2) is 53.7 Å². The molecule has 3 saturated heterocycles. The monoisotopic (exact) mass is 525 g/mol. The van der Waals surface area contributed by atoms with E-state index >= 15 is 0 Å². The lowest BCUT2D eigenvalue weighted by molar-refractivity contribution is -0.131. The third kappa shape index (κ3) is 3.62. The lowest BCUT2D eigenvalue weighted by atomic mass is 9.67. The van der Waals surface area contributed by atoms with Gasteiger partial charge in [0.05, 0.1) is 47.0 Å². The number of aromatic nitrogens is 2. The zero-order chi connectivity index (χ0) is 27.7. The topological polar surface area (TPSA) is 109 Å². The van der Waals surface area contributed by atoms with Crippen molar-refractivity contribution in [2.75, 3.05) is 30.5 Å². The molecule has 0 spiro atoms. The Hall–Kier alpha value is -4.03. The maximum absolute atomic E-state index is 14.1. The molecule has 4 atom stereocenters. The molecule has 0 unspecified atom stereocenters. The van der Waals surface area contributed by atoms with Crippen molar-refractivity contribution in [1.29, 1.82) is 5.26 Å². The number of anilines is 2. The summed E-state index contributed by atoms with van der Waals surface area (Å²) in [5, 5.41) is 11.0. The van der Waals surface area contributed by atoms with Crippen LogP contribution in [0.15, 0.2) is 36.4 Å². The number of hydrogen-bond donors (Lipinski definition) is 0. The highest BCUT2D eigenvalue weighted by molar-refractivity contribution is 6.26. The first-order valence-electron chi connectivity index (χ1n) is 13.3. The van der Waals surface area contributed by atoms with E-state index in [0.29, 0.717) is 54.3 Å². The van der Waals surface area contributed by atoms with Gasteiger partial charge in [-0.15, -0.1) is 0 Å². The smallest absolute Gasteiger partial charge is 0.240 e. The van der Waals surface area contributed by atoms with Gasteiger partial charge >= 0.3 is 0 Å². The highest BCUT2D eigenvalue weighted by Gasteiger charge is 2.73. The largest absolute Gasteiger partial charge is 0.477 e. The maximum Gasteiger partial charge on any atom is 0.240 e. The molecule has 3 aliphatic heterocycles. The van der Waals surface area contributed by atoms with E-state index in [4.69, 9.17) is 9.47 Å². The van der Waals surface area contributed by atoms with E-state index in [1.54, 1.807) is 12.1 Å². The van der Waals surface area contributed by atoms with Crippen LogP contribution >= 0.6 is 0 Å². The van der Waals surface area contributed by atoms with Gasteiger partial charge < -0.3 is 14.4 Å². The van der Waals surface area contributed by atoms with E-state index in [1.165, 1.54) is 4.90 Å². The van der Waals surface area contributed by atoms with Crippen molar-refractivity contribution in [3.63, 3.8) is 0 Å². The van der Waals surface area contributed by atoms with Crippen LogP contribution in [0.4, 0.5) is 11.6 Å². The van der Waals surface area contributed by atoms with Crippen LogP contribution < -0.4 is 14.5 Å². The number of hydrogen-bond acceptors (Lipinski definition) is 8. The van der Waals surface area contributed by atoms with Gasteiger partial charge in [0.2, 0.25) is 23.6 Å². The number of carbonyl (C=O) groups is 2. The van der Waals surface area contributed by atoms with E-state index in [9.17, 15) is 14.9 Å². The minimum atomic E-state index is -0.788. The van der Waals surface area contributed by atoms with E-state index in [-0.39, 0.29) is 11.8 Å². The van der Waals surface area contributed by atoms with Gasteiger partial charge in [-0.05, 0) is 45.7 Å². The summed E-state index contributed by atoms with van der Waals surface area (Å²) in [6, 6.07) is 13.0. The van der Waals surface area contributed by atoms with Crippen LogP contribution in [-0.2, 0) is 14.3 Å². The Morgan fingerprint density at radius 3 is 2.51 bits per heavy atom. The number of carbonyl (C=O) groups excluding carboxylic acids is 2. The summed E-state index contributed by atoms with van der Waals surface area (Å²) in [4.78, 5) is 40.2. The Morgan fingerprint density at radius 2 is 1.79 bits per heavy atom. The van der Waals surface area contributed by atoms with Gasteiger partial charge in [0.1, 0.15) is 0 Å². The molecule has 0 radical (unpaired) electrons. The number of nitriles is 1. The van der Waals surface area contributed by atoms with Gasteiger partial charge in [0.25, 0.3) is 0 Å². The standard InChI is InChI=1S/C30H31N5O4/c1-17-18(2)32-28(34(4)5)33-25(17)38-15-14-30-13-12-29(3,39-30)23-24(30)27(37)35(26(23)36)22-11-10-19(16-31)20-8-6-7-9-21(20)22/h6-11,23-24H,12-15H2,1-5H3/t23-,24+,29-,30-/m1/s1. The summed E-state index contributed by atoms with van der Waals surface area (Å²) in [6.07, 6.45) is 1.84. The Morgan fingerprint density at radius 1 is 1.08 bits per heavy atom. The average Bonchev–Trinajstić information content (AvgIpc) is 3.50. The second-order valence-electron chi connectivity index (χ2n) is 11.3. The summed E-state index contributed by atoms with van der Waals surface area (Å²) in [5.74, 6) is -0.546. The molecule has 200 valence electrons. The van der Waals surface area contributed by atoms with Crippen molar-refractivity contribution >= 4 is 34.2 Å². The molecule has 6 rings (SSSR count). The molecule has 3 aliphatic rings. The van der Waals surface area contributed by atoms with Gasteiger partial charge in [-0.25, -0.2) is 9.88 Å². The molecule has 0 aliphatic carbocycles. The number of nitrogens with zero attached hydrogens (tertiary/aromatic N) is 5. The SMILES string of the molecule is Cc1nc(N(C)C)nc(OCC[C@@]23CC[C@@](C)(O2)[C@H]2C(=O)N(c4ccc(C#N)c5ccccc45)C(=O)[C@H]23)c1C. The Kier molecular flexibility index (Phi) is 5.67. The molecule has 1 aromatic heterocycles. The molecular weight excluding hydrogens is 494 g/mol. The molecule has 9 nitrogen and oxygen atoms in total. The molecule has 0 saturated carbocycles. The number of imide groups is 1. The number of aryl methyl sites for hydroxylation is 1. The Bertz CT molecular complexity index is 1580. The third-order valence-electron chi connectivity index (χ3n) is 8.77. The quantitative estimate of drug-likeness (QED) is 0.443. The molecule has 0 N–H and O–H groups in total. The fourth-order valence-electron chi connectivity index (χ4n) is 6.67. The van der Waals surface area contributed by atoms with E-state index in [1.807, 2.05) is 64.0 Å². The molecule has 3 fully saturated rings. The summed E-state index contributed by atoms with van der Waals surface area (Å²) in [6.45, 7) is 6.10. The molecule has 4 heterocycles. The van der Waals surface area contributed by atoms with Crippen molar-refractivity contribution in [2.45, 2.75) is 51.2 Å². The van der Waals surface area contributed by atoms with E-state index in [2.05, 4.69) is 16.0 Å². The molecule has 2 amide bonds. The molecule has 39 heavy (non-hydrogen) atoms. The minimum absolute atomic E-state index is 0.234. The lowest BCUT2D eigenvalue weighted by Gasteiger charge is -2.31. The lowest BCUT2D eigenvalue weighted by Crippen LogP contribution is -2.43. The molecule has 9 heteroatoms. The number of amides is 2. The maximum atomic E-state index is 14.1. The number of fused-ring (bicyclic) bond motifs is 6. The predicted molar refractivity (Wildman–Crippen MR) is 146 cm³/mol. The summed E-state index contributed by atoms with van der Waals surface area (Å²) >= 11 is 0. The Balaban J connectivity index is 1.31. The van der Waals surface area contributed by atoms with Gasteiger partial charge in [0, 0.05) is 42.5 Å². The normalized spacial score (nSPS) is 27.2. The van der Waals surface area contributed by atoms with E-state index < -0.39 is 23.0 Å². The van der Waals surface area contributed by atoms with Crippen molar-refractivity contribution < 1.29 is 19.1 Å². The van der Waals surface area contributed by atoms with Gasteiger partial charge in [-0.2, -0.15) is 10.2 Å². The van der Waals surface area contributed by atoms with Crippen LogP contribution in [0.25, 0.3) is 10.8 Å². The van der Waals surface area contributed by atoms with Crippen molar-refractivity contribution in [3.8, 4) is 11.9 Å². The number of rotatable bonds is 6. The fourth-order valence-corrected chi connectivity index (χ4v) is 6.67. The number of ether oxygens (including phenoxy) is 2. The van der Waals surface area contributed by atoms with Crippen molar-refractivity contribution in [1.82, 2.24) is 9.97 Å². The molecule has 3 aromatic rings. The zero-order valence-electron chi connectivity index (χ0n) is 22.8. The molecule has 2 aromatic carbocycles. The van der Waals surface area contributed by atoms with Gasteiger partial charge in [-0.3, -0.25) is 9.59 Å². The molecule has 2 bridgehead atoms. The highest BCUT2D eigenvalue weighted by atomic mass is 16.5. The summed E-state index contributed by atoms with van der Waals surface area (Å²) < 4.78 is 12.7. The van der Waals surface area contributed by atoms with Gasteiger partial charge in [-0.1, -0.05) is 24.3 Å². The minimum Gasteiger partial charge on any atom is -0.477 e. The summed E-state index contributed by atoms with van der Waals surface area (Å²) in [5.41, 5.74) is 1.23. The highest BCUT2D eigenvalue weighted by Crippen LogP contribution is 2.62. The third-order valence-corrected chi connectivity index (χ3v) is 8.77. The van der Waals surface area contributed by atoms with Crippen LogP contribution in [0.3, 0.4) is 0 Å². The summed E-state index contributed by atoms with van der Waals surface area (Å²) in [7, 11) is 3.76. The molecular formula is C30H31N5O4. The first kappa shape index (κ1) is 25.3.